The quantitative estimate of drug-likeness (QED) is 0.293. The molecule has 9 nitrogen and oxygen atoms in total. The molecule has 0 N–H and O–H groups in total. The van der Waals surface area contributed by atoms with Gasteiger partial charge in [-0.2, -0.15) is 0 Å². The second-order valence-electron chi connectivity index (χ2n) is 10.7. The SMILES string of the molecule is CCN1CCN(c2cccc3c2CN([C@H](CCCN(C)S(=O)(=O)c2cccs2)c2ccc(OC)c(OC)c2)C3=O)CC1. The largest absolute Gasteiger partial charge is 0.493 e. The van der Waals surface area contributed by atoms with Crippen LogP contribution in [0.25, 0.3) is 0 Å². The fourth-order valence-corrected chi connectivity index (χ4v) is 8.36. The van der Waals surface area contributed by atoms with E-state index in [-0.39, 0.29) is 11.9 Å². The lowest BCUT2D eigenvalue weighted by molar-refractivity contribution is 0.0688. The summed E-state index contributed by atoms with van der Waals surface area (Å²) in [6.45, 7) is 7.96. The van der Waals surface area contributed by atoms with Gasteiger partial charge in [0.25, 0.3) is 15.9 Å². The van der Waals surface area contributed by atoms with E-state index in [4.69, 9.17) is 9.47 Å². The minimum atomic E-state index is -3.55. The first-order valence-electron chi connectivity index (χ1n) is 14.4. The van der Waals surface area contributed by atoms with Crippen LogP contribution in [0.5, 0.6) is 11.5 Å². The van der Waals surface area contributed by atoms with E-state index in [0.717, 1.165) is 55.1 Å². The molecule has 0 saturated carbocycles. The Morgan fingerprint density at radius 3 is 2.43 bits per heavy atom. The van der Waals surface area contributed by atoms with E-state index in [9.17, 15) is 13.2 Å². The van der Waals surface area contributed by atoms with Crippen LogP contribution in [-0.4, -0.2) is 89.0 Å². The number of benzene rings is 2. The van der Waals surface area contributed by atoms with Crippen LogP contribution < -0.4 is 14.4 Å². The Balaban J connectivity index is 1.40. The summed E-state index contributed by atoms with van der Waals surface area (Å²) in [7, 11) is 1.26. The Morgan fingerprint density at radius 1 is 1.00 bits per heavy atom. The van der Waals surface area contributed by atoms with Gasteiger partial charge in [0, 0.05) is 63.1 Å². The number of likely N-dealkylation sites (N-methyl/N-ethyl adjacent to an activating group) is 1. The number of rotatable bonds is 12. The third kappa shape index (κ3) is 6.01. The fourth-order valence-electron chi connectivity index (χ4n) is 5.94. The highest BCUT2D eigenvalue weighted by Crippen LogP contribution is 2.40. The second-order valence-corrected chi connectivity index (χ2v) is 13.9. The summed E-state index contributed by atoms with van der Waals surface area (Å²) in [6.07, 6.45) is 1.16. The highest BCUT2D eigenvalue weighted by Gasteiger charge is 2.36. The lowest BCUT2D eigenvalue weighted by Crippen LogP contribution is -2.46. The molecule has 2 aliphatic heterocycles. The molecular formula is C31H40N4O5S2. The molecule has 3 aromatic rings. The molecule has 2 aromatic carbocycles. The Morgan fingerprint density at radius 2 is 1.76 bits per heavy atom. The molecule has 1 amide bonds. The monoisotopic (exact) mass is 612 g/mol. The topological polar surface area (TPSA) is 82.6 Å². The molecule has 1 fully saturated rings. The number of hydrogen-bond donors (Lipinski definition) is 0. The molecule has 0 radical (unpaired) electrons. The summed E-state index contributed by atoms with van der Waals surface area (Å²) in [6, 6.07) is 14.9. The van der Waals surface area contributed by atoms with Crippen LogP contribution in [0.3, 0.4) is 0 Å². The van der Waals surface area contributed by atoms with E-state index in [1.54, 1.807) is 38.8 Å². The number of amides is 1. The van der Waals surface area contributed by atoms with Gasteiger partial charge in [0.2, 0.25) is 0 Å². The molecule has 0 unspecified atom stereocenters. The van der Waals surface area contributed by atoms with Gasteiger partial charge in [0.1, 0.15) is 4.21 Å². The number of fused-ring (bicyclic) bond motifs is 1. The molecule has 0 spiro atoms. The lowest BCUT2D eigenvalue weighted by Gasteiger charge is -2.36. The van der Waals surface area contributed by atoms with Crippen LogP contribution in [-0.2, 0) is 16.6 Å². The number of hydrogen-bond acceptors (Lipinski definition) is 8. The van der Waals surface area contributed by atoms with Crippen LogP contribution in [0.1, 0.15) is 47.3 Å². The molecule has 2 aliphatic rings. The van der Waals surface area contributed by atoms with Gasteiger partial charge in [-0.3, -0.25) is 4.79 Å². The lowest BCUT2D eigenvalue weighted by atomic mass is 9.99. The number of nitrogens with zero attached hydrogens (tertiary/aromatic N) is 4. The van der Waals surface area contributed by atoms with Crippen molar-refractivity contribution in [2.45, 2.75) is 36.6 Å². The molecule has 0 aliphatic carbocycles. The number of piperazine rings is 1. The van der Waals surface area contributed by atoms with E-state index < -0.39 is 10.0 Å². The molecule has 11 heteroatoms. The predicted octanol–water partition coefficient (Wildman–Crippen LogP) is 4.71. The van der Waals surface area contributed by atoms with Crippen molar-refractivity contribution in [2.24, 2.45) is 0 Å². The molecule has 1 saturated heterocycles. The first-order chi connectivity index (χ1) is 20.3. The van der Waals surface area contributed by atoms with Gasteiger partial charge < -0.3 is 24.2 Å². The molecule has 42 heavy (non-hydrogen) atoms. The zero-order chi connectivity index (χ0) is 29.9. The Hall–Kier alpha value is -3.12. The number of carbonyl (C=O) groups is 1. The van der Waals surface area contributed by atoms with Gasteiger partial charge >= 0.3 is 0 Å². The van der Waals surface area contributed by atoms with Gasteiger partial charge in [-0.25, -0.2) is 12.7 Å². The number of sulfonamides is 1. The van der Waals surface area contributed by atoms with Crippen LogP contribution in [0.2, 0.25) is 0 Å². The molecular weight excluding hydrogens is 572 g/mol. The third-order valence-corrected chi connectivity index (χ3v) is 11.6. The van der Waals surface area contributed by atoms with Crippen LogP contribution >= 0.6 is 11.3 Å². The summed E-state index contributed by atoms with van der Waals surface area (Å²) in [4.78, 5) is 20.8. The van der Waals surface area contributed by atoms with Crippen molar-refractivity contribution in [1.29, 1.82) is 0 Å². The van der Waals surface area contributed by atoms with Crippen molar-refractivity contribution < 1.29 is 22.7 Å². The fraction of sp³-hybridized carbons (Fsp3) is 0.452. The van der Waals surface area contributed by atoms with E-state index >= 15 is 0 Å². The maximum Gasteiger partial charge on any atom is 0.255 e. The molecule has 1 aromatic heterocycles. The molecule has 226 valence electrons. The van der Waals surface area contributed by atoms with Crippen LogP contribution in [0, 0.1) is 0 Å². The minimum Gasteiger partial charge on any atom is -0.493 e. The summed E-state index contributed by atoms with van der Waals surface area (Å²) in [5, 5.41) is 1.77. The van der Waals surface area contributed by atoms with Crippen LogP contribution in [0.4, 0.5) is 5.69 Å². The zero-order valence-electron chi connectivity index (χ0n) is 24.8. The summed E-state index contributed by atoms with van der Waals surface area (Å²) >= 11 is 1.22. The third-order valence-electron chi connectivity index (χ3n) is 8.41. The number of methoxy groups -OCH3 is 2. The van der Waals surface area contributed by atoms with E-state index in [1.165, 1.54) is 15.6 Å². The highest BCUT2D eigenvalue weighted by atomic mass is 32.2. The first-order valence-corrected chi connectivity index (χ1v) is 16.7. The average Bonchev–Trinajstić information content (AvgIpc) is 3.68. The van der Waals surface area contributed by atoms with Gasteiger partial charge in [-0.05, 0) is 60.7 Å². The average molecular weight is 613 g/mol. The van der Waals surface area contributed by atoms with Crippen molar-refractivity contribution in [3.05, 3.63) is 70.6 Å². The first kappa shape index (κ1) is 30.3. The summed E-state index contributed by atoms with van der Waals surface area (Å²) in [5.74, 6) is 1.21. The van der Waals surface area contributed by atoms with E-state index in [2.05, 4.69) is 22.8 Å². The normalized spacial score (nSPS) is 16.6. The van der Waals surface area contributed by atoms with Crippen molar-refractivity contribution in [3.63, 3.8) is 0 Å². The number of carbonyl (C=O) groups excluding carboxylic acids is 1. The number of ether oxygens (including phenoxy) is 2. The van der Waals surface area contributed by atoms with Crippen LogP contribution in [0.15, 0.2) is 58.1 Å². The molecule has 5 rings (SSSR count). The molecule has 1 atom stereocenters. The standard InChI is InChI=1S/C31H40N4O5S2/c1-5-33-16-18-34(19-17-33)27-10-6-9-24-25(27)22-35(31(24)36)26(23-13-14-28(39-3)29(21-23)40-4)11-7-15-32(2)42(37,38)30-12-8-20-41-30/h6,8-10,12-14,20-21,26H,5,7,11,15-19,22H2,1-4H3/t26-/m1/s1. The van der Waals surface area contributed by atoms with Gasteiger partial charge in [-0.15, -0.1) is 11.3 Å². The maximum absolute atomic E-state index is 14.0. The summed E-state index contributed by atoms with van der Waals surface area (Å²) in [5.41, 5.74) is 3.87. The van der Waals surface area contributed by atoms with Crippen molar-refractivity contribution in [1.82, 2.24) is 14.1 Å². The van der Waals surface area contributed by atoms with Crippen molar-refractivity contribution in [2.75, 3.05) is 65.4 Å². The second kappa shape index (κ2) is 13.0. The van der Waals surface area contributed by atoms with E-state index in [0.29, 0.717) is 41.6 Å². The zero-order valence-corrected chi connectivity index (χ0v) is 26.4. The smallest absolute Gasteiger partial charge is 0.255 e. The van der Waals surface area contributed by atoms with Gasteiger partial charge in [-0.1, -0.05) is 25.1 Å². The predicted molar refractivity (Wildman–Crippen MR) is 166 cm³/mol. The Kier molecular flexibility index (Phi) is 9.41. The van der Waals surface area contributed by atoms with Gasteiger partial charge in [0.15, 0.2) is 11.5 Å². The minimum absolute atomic E-state index is 0.00149. The Bertz CT molecular complexity index is 1490. The summed E-state index contributed by atoms with van der Waals surface area (Å²) < 4.78 is 38.8. The highest BCUT2D eigenvalue weighted by molar-refractivity contribution is 7.91. The molecule has 3 heterocycles. The van der Waals surface area contributed by atoms with Crippen molar-refractivity contribution in [3.8, 4) is 11.5 Å². The maximum atomic E-state index is 14.0. The van der Waals surface area contributed by atoms with E-state index in [1.807, 2.05) is 35.2 Å². The van der Waals surface area contributed by atoms with Gasteiger partial charge in [0.05, 0.1) is 20.3 Å². The number of thiophene rings is 1. The van der Waals surface area contributed by atoms with Crippen molar-refractivity contribution >= 4 is 33.0 Å². The molecule has 0 bridgehead atoms. The number of anilines is 1. The Labute approximate surface area is 253 Å².